The van der Waals surface area contributed by atoms with Crippen molar-refractivity contribution in [2.45, 2.75) is 26.9 Å². The van der Waals surface area contributed by atoms with Gasteiger partial charge in [0.25, 0.3) is 0 Å². The predicted octanol–water partition coefficient (Wildman–Crippen LogP) is 4.92. The third kappa shape index (κ3) is 2.47. The summed E-state index contributed by atoms with van der Waals surface area (Å²) in [6.07, 6.45) is 2.58. The number of ether oxygens (including phenoxy) is 2. The molecule has 0 aliphatic carbocycles. The molecule has 0 fully saturated rings. The van der Waals surface area contributed by atoms with Crippen molar-refractivity contribution >= 4 is 11.0 Å². The van der Waals surface area contributed by atoms with Crippen LogP contribution in [0.25, 0.3) is 22.3 Å². The maximum absolute atomic E-state index is 10.5. The average Bonchev–Trinajstić information content (AvgIpc) is 2.96. The van der Waals surface area contributed by atoms with Gasteiger partial charge in [-0.2, -0.15) is 0 Å². The van der Waals surface area contributed by atoms with Crippen molar-refractivity contribution in [3.8, 4) is 34.3 Å². The first-order valence-corrected chi connectivity index (χ1v) is 8.43. The smallest absolute Gasteiger partial charge is 0.149 e. The molecule has 1 aromatic heterocycles. The highest BCUT2D eigenvalue weighted by Gasteiger charge is 2.30. The van der Waals surface area contributed by atoms with E-state index in [9.17, 15) is 10.2 Å². The Morgan fingerprint density at radius 1 is 1.23 bits per heavy atom. The van der Waals surface area contributed by atoms with Crippen LogP contribution in [0.1, 0.15) is 25.0 Å². The fourth-order valence-electron chi connectivity index (χ4n) is 3.35. The molecule has 0 saturated carbocycles. The first-order chi connectivity index (χ1) is 12.5. The van der Waals surface area contributed by atoms with E-state index in [0.29, 0.717) is 47.0 Å². The summed E-state index contributed by atoms with van der Waals surface area (Å²) < 4.78 is 17.6. The highest BCUT2D eigenvalue weighted by Crippen LogP contribution is 2.51. The van der Waals surface area contributed by atoms with Gasteiger partial charge in [0, 0.05) is 28.6 Å². The van der Waals surface area contributed by atoms with Gasteiger partial charge in [-0.05, 0) is 32.4 Å². The summed E-state index contributed by atoms with van der Waals surface area (Å²) in [4.78, 5) is 0. The van der Waals surface area contributed by atoms with E-state index in [-0.39, 0.29) is 11.5 Å². The maximum atomic E-state index is 10.5. The Kier molecular flexibility index (Phi) is 3.80. The summed E-state index contributed by atoms with van der Waals surface area (Å²) >= 11 is 0. The molecule has 0 unspecified atom stereocenters. The van der Waals surface area contributed by atoms with Crippen LogP contribution >= 0.6 is 0 Å². The van der Waals surface area contributed by atoms with E-state index >= 15 is 0 Å². The van der Waals surface area contributed by atoms with Crippen LogP contribution in [0.5, 0.6) is 23.0 Å². The minimum atomic E-state index is 0.135. The van der Waals surface area contributed by atoms with Crippen LogP contribution in [0.4, 0.5) is 0 Å². The maximum Gasteiger partial charge on any atom is 0.149 e. The summed E-state index contributed by atoms with van der Waals surface area (Å²) in [5, 5.41) is 21.1. The number of methoxy groups -OCH3 is 1. The molecule has 1 aliphatic heterocycles. The van der Waals surface area contributed by atoms with Gasteiger partial charge in [0.1, 0.15) is 46.5 Å². The lowest BCUT2D eigenvalue weighted by Gasteiger charge is -2.22. The molecule has 0 amide bonds. The van der Waals surface area contributed by atoms with E-state index in [4.69, 9.17) is 13.9 Å². The van der Waals surface area contributed by atoms with Gasteiger partial charge in [0.15, 0.2) is 0 Å². The molecule has 0 saturated heterocycles. The van der Waals surface area contributed by atoms with E-state index in [1.165, 1.54) is 0 Å². The van der Waals surface area contributed by atoms with Gasteiger partial charge in [-0.25, -0.2) is 0 Å². The molecule has 2 N–H and O–H groups in total. The summed E-state index contributed by atoms with van der Waals surface area (Å²) in [7, 11) is 1.57. The van der Waals surface area contributed by atoms with E-state index in [0.717, 1.165) is 16.5 Å². The van der Waals surface area contributed by atoms with Crippen LogP contribution in [0.2, 0.25) is 0 Å². The molecule has 5 heteroatoms. The molecule has 2 aromatic carbocycles. The van der Waals surface area contributed by atoms with Crippen molar-refractivity contribution < 1.29 is 24.1 Å². The van der Waals surface area contributed by atoms with Gasteiger partial charge < -0.3 is 24.1 Å². The third-order valence-electron chi connectivity index (χ3n) is 4.62. The van der Waals surface area contributed by atoms with Crippen molar-refractivity contribution in [1.29, 1.82) is 0 Å². The van der Waals surface area contributed by atoms with Crippen LogP contribution in [0, 0.1) is 0 Å². The molecule has 3 aromatic rings. The fourth-order valence-corrected chi connectivity index (χ4v) is 3.35. The Balaban J connectivity index is 1.98. The number of rotatable bonds is 3. The molecule has 2 heterocycles. The lowest BCUT2D eigenvalue weighted by atomic mass is 9.96. The molecular formula is C21H20O5. The minimum absolute atomic E-state index is 0.135. The topological polar surface area (TPSA) is 72.1 Å². The standard InChI is InChI=1S/C21H20O5/c1-11(2)4-6-14-16(23)9-18-19(20(14)24-3)21-15(10-25-18)13-7-5-12(22)8-17(13)26-21/h4-5,7-9,22-23H,6,10H2,1-3H3. The van der Waals surface area contributed by atoms with Crippen molar-refractivity contribution in [3.63, 3.8) is 0 Å². The van der Waals surface area contributed by atoms with Gasteiger partial charge >= 0.3 is 0 Å². The fraction of sp³-hybridized carbons (Fsp3) is 0.238. The monoisotopic (exact) mass is 352 g/mol. The van der Waals surface area contributed by atoms with Gasteiger partial charge in [0.2, 0.25) is 0 Å². The van der Waals surface area contributed by atoms with Crippen LogP contribution in [0.3, 0.4) is 0 Å². The largest absolute Gasteiger partial charge is 0.508 e. The van der Waals surface area contributed by atoms with Crippen LogP contribution in [-0.4, -0.2) is 17.3 Å². The molecular weight excluding hydrogens is 332 g/mol. The van der Waals surface area contributed by atoms with Gasteiger partial charge in [-0.1, -0.05) is 11.6 Å². The number of phenols is 2. The zero-order valence-electron chi connectivity index (χ0n) is 14.9. The zero-order chi connectivity index (χ0) is 18.4. The Hall–Kier alpha value is -3.08. The third-order valence-corrected chi connectivity index (χ3v) is 4.62. The number of fused-ring (bicyclic) bond motifs is 5. The summed E-state index contributed by atoms with van der Waals surface area (Å²) in [5.74, 6) is 2.00. The number of phenolic OH excluding ortho intramolecular Hbond substituents is 2. The molecule has 0 bridgehead atoms. The first kappa shape index (κ1) is 16.4. The van der Waals surface area contributed by atoms with E-state index in [2.05, 4.69) is 0 Å². The zero-order valence-corrected chi connectivity index (χ0v) is 14.9. The normalized spacial score (nSPS) is 12.3. The number of furan rings is 1. The average molecular weight is 352 g/mol. The molecule has 26 heavy (non-hydrogen) atoms. The minimum Gasteiger partial charge on any atom is -0.508 e. The van der Waals surface area contributed by atoms with Crippen LogP contribution in [-0.2, 0) is 13.0 Å². The van der Waals surface area contributed by atoms with Crippen molar-refractivity contribution in [2.75, 3.05) is 7.11 Å². The Bertz CT molecular complexity index is 1040. The molecule has 0 spiro atoms. The van der Waals surface area contributed by atoms with Gasteiger partial charge in [-0.15, -0.1) is 0 Å². The molecule has 1 aliphatic rings. The summed E-state index contributed by atoms with van der Waals surface area (Å²) in [6, 6.07) is 6.64. The van der Waals surface area contributed by atoms with E-state index < -0.39 is 0 Å². The second-order valence-electron chi connectivity index (χ2n) is 6.65. The number of benzene rings is 2. The van der Waals surface area contributed by atoms with Gasteiger partial charge in [-0.3, -0.25) is 0 Å². The lowest BCUT2D eigenvalue weighted by Crippen LogP contribution is -2.06. The first-order valence-electron chi connectivity index (χ1n) is 8.43. The second-order valence-corrected chi connectivity index (χ2v) is 6.65. The van der Waals surface area contributed by atoms with Crippen molar-refractivity contribution in [1.82, 2.24) is 0 Å². The highest BCUT2D eigenvalue weighted by molar-refractivity contribution is 5.93. The Morgan fingerprint density at radius 3 is 2.77 bits per heavy atom. The number of hydrogen-bond donors (Lipinski definition) is 2. The summed E-state index contributed by atoms with van der Waals surface area (Å²) in [5.41, 5.74) is 4.03. The van der Waals surface area contributed by atoms with Gasteiger partial charge in [0.05, 0.1) is 7.11 Å². The van der Waals surface area contributed by atoms with E-state index in [1.54, 1.807) is 25.3 Å². The Labute approximate surface area is 151 Å². The SMILES string of the molecule is COc1c(CC=C(C)C)c(O)cc2c1-c1oc3cc(O)ccc3c1CO2. The number of aromatic hydroxyl groups is 2. The lowest BCUT2D eigenvalue weighted by molar-refractivity contribution is 0.294. The van der Waals surface area contributed by atoms with Crippen molar-refractivity contribution in [3.05, 3.63) is 47.0 Å². The molecule has 5 nitrogen and oxygen atoms in total. The molecule has 0 atom stereocenters. The summed E-state index contributed by atoms with van der Waals surface area (Å²) in [6.45, 7) is 4.35. The van der Waals surface area contributed by atoms with Crippen LogP contribution < -0.4 is 9.47 Å². The second kappa shape index (κ2) is 6.02. The number of hydrogen-bond acceptors (Lipinski definition) is 5. The number of allylic oxidation sites excluding steroid dienone is 2. The van der Waals surface area contributed by atoms with E-state index in [1.807, 2.05) is 26.0 Å². The molecule has 134 valence electrons. The highest BCUT2D eigenvalue weighted by atomic mass is 16.5. The quantitative estimate of drug-likeness (QED) is 0.655. The molecule has 4 rings (SSSR count). The Morgan fingerprint density at radius 2 is 2.04 bits per heavy atom. The molecule has 0 radical (unpaired) electrons. The predicted molar refractivity (Wildman–Crippen MR) is 99.0 cm³/mol. The van der Waals surface area contributed by atoms with Crippen molar-refractivity contribution in [2.24, 2.45) is 0 Å². The van der Waals surface area contributed by atoms with Crippen LogP contribution in [0.15, 0.2) is 40.3 Å².